The number of urea groups is 1. The first-order chi connectivity index (χ1) is 14.9. The van der Waals surface area contributed by atoms with Crippen LogP contribution in [0.5, 0.6) is 0 Å². The minimum Gasteiger partial charge on any atom is -0.348 e. The molecule has 8 nitrogen and oxygen atoms in total. The summed E-state index contributed by atoms with van der Waals surface area (Å²) in [5.74, 6) is 0.165. The van der Waals surface area contributed by atoms with Gasteiger partial charge in [-0.05, 0) is 50.1 Å². The van der Waals surface area contributed by atoms with E-state index in [1.54, 1.807) is 35.4 Å². The number of hydrogen-bond acceptors (Lipinski definition) is 4. The normalized spacial score (nSPS) is 16.1. The third-order valence-corrected chi connectivity index (χ3v) is 5.29. The molecule has 0 aliphatic carbocycles. The summed E-state index contributed by atoms with van der Waals surface area (Å²) in [6.07, 6.45) is 2.49. The second-order valence-electron chi connectivity index (χ2n) is 8.05. The molecule has 0 saturated carbocycles. The summed E-state index contributed by atoms with van der Waals surface area (Å²) in [5, 5.41) is 14.2. The van der Waals surface area contributed by atoms with Crippen molar-refractivity contribution in [2.75, 3.05) is 13.1 Å². The molecule has 0 spiro atoms. The fourth-order valence-electron chi connectivity index (χ4n) is 3.75. The van der Waals surface area contributed by atoms with E-state index in [4.69, 9.17) is 0 Å². The second-order valence-corrected chi connectivity index (χ2v) is 8.05. The predicted octanol–water partition coefficient (Wildman–Crippen LogP) is 2.71. The fraction of sp³-hybridized carbons (Fsp3) is 0.364. The third-order valence-electron chi connectivity index (χ3n) is 5.29. The molecule has 1 aliphatic heterocycles. The molecular formula is C22H25FN6O2. The highest BCUT2D eigenvalue weighted by Crippen LogP contribution is 2.26. The van der Waals surface area contributed by atoms with E-state index in [0.29, 0.717) is 29.9 Å². The highest BCUT2D eigenvalue weighted by Gasteiger charge is 2.30. The van der Waals surface area contributed by atoms with Crippen LogP contribution >= 0.6 is 0 Å². The number of benzene rings is 1. The zero-order valence-corrected chi connectivity index (χ0v) is 17.5. The van der Waals surface area contributed by atoms with Gasteiger partial charge in [-0.25, -0.2) is 9.18 Å². The van der Waals surface area contributed by atoms with Crippen LogP contribution in [0.25, 0.3) is 5.65 Å². The molecule has 31 heavy (non-hydrogen) atoms. The van der Waals surface area contributed by atoms with E-state index in [2.05, 4.69) is 20.8 Å². The van der Waals surface area contributed by atoms with E-state index in [1.807, 2.05) is 18.2 Å². The van der Waals surface area contributed by atoms with Crippen molar-refractivity contribution in [3.63, 3.8) is 0 Å². The Morgan fingerprint density at radius 1 is 1.23 bits per heavy atom. The minimum absolute atomic E-state index is 0.0403. The minimum atomic E-state index is -0.338. The fourth-order valence-corrected chi connectivity index (χ4v) is 3.75. The quantitative estimate of drug-likeness (QED) is 0.659. The number of amides is 3. The number of nitrogens with one attached hydrogen (secondary N) is 2. The molecule has 9 heteroatoms. The summed E-state index contributed by atoms with van der Waals surface area (Å²) in [6.45, 7) is 5.28. The molecule has 1 saturated heterocycles. The second kappa shape index (κ2) is 8.71. The van der Waals surface area contributed by atoms with Crippen molar-refractivity contribution < 1.29 is 14.0 Å². The Balaban J connectivity index is 1.47. The first kappa shape index (κ1) is 20.8. The molecule has 2 N–H and O–H groups in total. The van der Waals surface area contributed by atoms with Crippen LogP contribution in [0.1, 0.15) is 47.9 Å². The van der Waals surface area contributed by atoms with Gasteiger partial charge in [0, 0.05) is 37.8 Å². The average molecular weight is 424 g/mol. The molecule has 1 aromatic carbocycles. The summed E-state index contributed by atoms with van der Waals surface area (Å²) in [7, 11) is 0. The van der Waals surface area contributed by atoms with Gasteiger partial charge in [-0.15, -0.1) is 10.2 Å². The van der Waals surface area contributed by atoms with Gasteiger partial charge in [0.15, 0.2) is 5.65 Å². The number of carbonyl (C=O) groups is 2. The van der Waals surface area contributed by atoms with E-state index in [0.717, 1.165) is 12.2 Å². The third kappa shape index (κ3) is 4.65. The predicted molar refractivity (Wildman–Crippen MR) is 113 cm³/mol. The lowest BCUT2D eigenvalue weighted by molar-refractivity contribution is 0.0950. The lowest BCUT2D eigenvalue weighted by Crippen LogP contribution is -2.41. The Hall–Kier alpha value is -3.49. The number of fused-ring (bicyclic) bond motifs is 1. The molecule has 3 heterocycles. The van der Waals surface area contributed by atoms with Gasteiger partial charge in [-0.1, -0.05) is 12.1 Å². The van der Waals surface area contributed by atoms with Crippen molar-refractivity contribution in [3.05, 3.63) is 65.4 Å². The molecule has 1 unspecified atom stereocenters. The summed E-state index contributed by atoms with van der Waals surface area (Å²) >= 11 is 0. The van der Waals surface area contributed by atoms with Crippen molar-refractivity contribution in [2.24, 2.45) is 0 Å². The van der Waals surface area contributed by atoms with Crippen LogP contribution in [0.15, 0.2) is 42.6 Å². The molecule has 0 radical (unpaired) electrons. The SMILES string of the molecule is CC(C)NC(=O)N1CCC(c2nnc3ccc(C(=O)NCc4cccc(F)c4)cn23)C1. The maximum absolute atomic E-state index is 13.3. The Labute approximate surface area is 179 Å². The molecule has 2 aromatic heterocycles. The number of hydrogen-bond donors (Lipinski definition) is 2. The van der Waals surface area contributed by atoms with Crippen LogP contribution in [0, 0.1) is 5.82 Å². The first-order valence-corrected chi connectivity index (χ1v) is 10.3. The molecule has 3 aromatic rings. The standard InChI is InChI=1S/C22H25FN6O2/c1-14(2)25-22(31)28-9-8-16(12-28)20-27-26-19-7-6-17(13-29(19)20)21(30)24-11-15-4-3-5-18(23)10-15/h3-7,10,13-14,16H,8-9,11-12H2,1-2H3,(H,24,30)(H,25,31). The molecule has 1 fully saturated rings. The lowest BCUT2D eigenvalue weighted by atomic mass is 10.1. The molecule has 3 amide bonds. The van der Waals surface area contributed by atoms with Crippen LogP contribution in [0.2, 0.25) is 0 Å². The maximum Gasteiger partial charge on any atom is 0.317 e. The molecule has 162 valence electrons. The van der Waals surface area contributed by atoms with Gasteiger partial charge < -0.3 is 15.5 Å². The summed E-state index contributed by atoms with van der Waals surface area (Å²) in [5.41, 5.74) is 1.78. The van der Waals surface area contributed by atoms with Crippen LogP contribution < -0.4 is 10.6 Å². The van der Waals surface area contributed by atoms with E-state index < -0.39 is 0 Å². The highest BCUT2D eigenvalue weighted by molar-refractivity contribution is 5.94. The van der Waals surface area contributed by atoms with Gasteiger partial charge >= 0.3 is 6.03 Å². The zero-order valence-electron chi connectivity index (χ0n) is 17.5. The summed E-state index contributed by atoms with van der Waals surface area (Å²) in [4.78, 5) is 26.7. The zero-order chi connectivity index (χ0) is 22.0. The van der Waals surface area contributed by atoms with E-state index in [-0.39, 0.29) is 36.3 Å². The highest BCUT2D eigenvalue weighted by atomic mass is 19.1. The van der Waals surface area contributed by atoms with Gasteiger partial charge in [0.05, 0.1) is 5.56 Å². The Bertz CT molecular complexity index is 1110. The number of likely N-dealkylation sites (tertiary alicyclic amines) is 1. The first-order valence-electron chi connectivity index (χ1n) is 10.3. The Morgan fingerprint density at radius 3 is 2.84 bits per heavy atom. The topological polar surface area (TPSA) is 91.6 Å². The number of aromatic nitrogens is 3. The van der Waals surface area contributed by atoms with Crippen LogP contribution in [-0.2, 0) is 6.54 Å². The van der Waals surface area contributed by atoms with Crippen LogP contribution in [-0.4, -0.2) is 50.6 Å². The number of carbonyl (C=O) groups excluding carboxylic acids is 2. The van der Waals surface area contributed by atoms with E-state index >= 15 is 0 Å². The number of rotatable bonds is 5. The summed E-state index contributed by atoms with van der Waals surface area (Å²) < 4.78 is 15.1. The number of halogens is 1. The molecule has 4 rings (SSSR count). The number of nitrogens with zero attached hydrogens (tertiary/aromatic N) is 4. The van der Waals surface area contributed by atoms with Gasteiger partial charge in [-0.3, -0.25) is 9.20 Å². The molecule has 1 atom stereocenters. The number of pyridine rings is 1. The average Bonchev–Trinajstić information content (AvgIpc) is 3.38. The summed E-state index contributed by atoms with van der Waals surface area (Å²) in [6, 6.07) is 9.55. The molecular weight excluding hydrogens is 399 g/mol. The maximum atomic E-state index is 13.3. The van der Waals surface area contributed by atoms with Crippen molar-refractivity contribution in [1.29, 1.82) is 0 Å². The van der Waals surface area contributed by atoms with Gasteiger partial charge in [0.25, 0.3) is 5.91 Å². The smallest absolute Gasteiger partial charge is 0.317 e. The largest absolute Gasteiger partial charge is 0.348 e. The molecule has 1 aliphatic rings. The van der Waals surface area contributed by atoms with Crippen molar-refractivity contribution >= 4 is 17.6 Å². The van der Waals surface area contributed by atoms with Crippen LogP contribution in [0.3, 0.4) is 0 Å². The Kier molecular flexibility index (Phi) is 5.83. The van der Waals surface area contributed by atoms with E-state index in [9.17, 15) is 14.0 Å². The van der Waals surface area contributed by atoms with Crippen LogP contribution in [0.4, 0.5) is 9.18 Å². The van der Waals surface area contributed by atoms with Crippen molar-refractivity contribution in [2.45, 2.75) is 38.8 Å². The monoisotopic (exact) mass is 424 g/mol. The lowest BCUT2D eigenvalue weighted by Gasteiger charge is -2.18. The van der Waals surface area contributed by atoms with Gasteiger partial charge in [-0.2, -0.15) is 0 Å². The van der Waals surface area contributed by atoms with Gasteiger partial charge in [0.1, 0.15) is 11.6 Å². The van der Waals surface area contributed by atoms with Crippen molar-refractivity contribution in [3.8, 4) is 0 Å². The Morgan fingerprint density at radius 2 is 2.06 bits per heavy atom. The molecule has 0 bridgehead atoms. The van der Waals surface area contributed by atoms with Gasteiger partial charge in [0.2, 0.25) is 0 Å². The van der Waals surface area contributed by atoms with E-state index in [1.165, 1.54) is 12.1 Å². The van der Waals surface area contributed by atoms with Crippen molar-refractivity contribution in [1.82, 2.24) is 30.1 Å².